The molecule has 2 aromatic rings. The summed E-state index contributed by atoms with van der Waals surface area (Å²) in [6.07, 6.45) is 0. The van der Waals surface area contributed by atoms with Crippen molar-refractivity contribution in [2.45, 2.75) is 9.79 Å². The van der Waals surface area contributed by atoms with Gasteiger partial charge in [-0.05, 0) is 11.5 Å². The SMILES string of the molecule is O=S(=O)(O)c1ccc2ccccc2c1S(=O)(=O)O.[Na]. The minimum absolute atomic E-state index is 0. The third-order valence-electron chi connectivity index (χ3n) is 2.38. The number of hydrogen-bond acceptors (Lipinski definition) is 4. The Morgan fingerprint density at radius 1 is 0.789 bits per heavy atom. The predicted octanol–water partition coefficient (Wildman–Crippen LogP) is 0.952. The molecule has 0 saturated heterocycles. The second-order valence-electron chi connectivity index (χ2n) is 3.56. The summed E-state index contributed by atoms with van der Waals surface area (Å²) in [6.45, 7) is 0. The summed E-state index contributed by atoms with van der Waals surface area (Å²) in [5.41, 5.74) is 0. The molecule has 0 amide bonds. The quantitative estimate of drug-likeness (QED) is 0.631. The van der Waals surface area contributed by atoms with Crippen LogP contribution in [0.2, 0.25) is 0 Å². The van der Waals surface area contributed by atoms with E-state index in [4.69, 9.17) is 9.11 Å². The molecule has 97 valence electrons. The molecule has 0 saturated carbocycles. The zero-order valence-electron chi connectivity index (χ0n) is 9.81. The molecular formula is C10H8NaO6S2. The maximum Gasteiger partial charge on any atom is 0.296 e. The second-order valence-corrected chi connectivity index (χ2v) is 6.31. The minimum atomic E-state index is -4.78. The number of rotatable bonds is 2. The Morgan fingerprint density at radius 3 is 1.89 bits per heavy atom. The molecule has 2 aromatic carbocycles. The maximum atomic E-state index is 11.3. The minimum Gasteiger partial charge on any atom is -0.282 e. The van der Waals surface area contributed by atoms with Gasteiger partial charge in [-0.2, -0.15) is 16.8 Å². The van der Waals surface area contributed by atoms with E-state index in [1.165, 1.54) is 18.2 Å². The molecule has 0 aliphatic heterocycles. The molecule has 0 atom stereocenters. The van der Waals surface area contributed by atoms with Crippen LogP contribution in [0.1, 0.15) is 0 Å². The number of benzene rings is 2. The summed E-state index contributed by atoms with van der Waals surface area (Å²) in [7, 11) is -9.53. The molecule has 0 aromatic heterocycles. The summed E-state index contributed by atoms with van der Waals surface area (Å²) in [5, 5.41) is 0.452. The molecule has 9 heteroatoms. The smallest absolute Gasteiger partial charge is 0.282 e. The van der Waals surface area contributed by atoms with Gasteiger partial charge in [-0.15, -0.1) is 0 Å². The zero-order valence-corrected chi connectivity index (χ0v) is 13.4. The van der Waals surface area contributed by atoms with E-state index in [1.54, 1.807) is 12.1 Å². The molecule has 0 bridgehead atoms. The van der Waals surface area contributed by atoms with Crippen LogP contribution in [0.4, 0.5) is 0 Å². The van der Waals surface area contributed by atoms with E-state index < -0.39 is 30.0 Å². The molecule has 19 heavy (non-hydrogen) atoms. The molecule has 0 unspecified atom stereocenters. The molecular weight excluding hydrogens is 303 g/mol. The van der Waals surface area contributed by atoms with Crippen LogP contribution < -0.4 is 0 Å². The second kappa shape index (κ2) is 5.49. The largest absolute Gasteiger partial charge is 0.296 e. The molecule has 0 aliphatic rings. The number of hydrogen-bond donors (Lipinski definition) is 2. The van der Waals surface area contributed by atoms with Crippen LogP contribution in [-0.4, -0.2) is 55.5 Å². The van der Waals surface area contributed by atoms with Crippen molar-refractivity contribution in [2.75, 3.05) is 0 Å². The van der Waals surface area contributed by atoms with Gasteiger partial charge in [0.2, 0.25) is 0 Å². The van der Waals surface area contributed by atoms with Gasteiger partial charge in [0.15, 0.2) is 0 Å². The van der Waals surface area contributed by atoms with Gasteiger partial charge in [-0.1, -0.05) is 30.3 Å². The average Bonchev–Trinajstić information content (AvgIpc) is 2.24. The van der Waals surface area contributed by atoms with E-state index in [0.29, 0.717) is 5.39 Å². The van der Waals surface area contributed by atoms with Gasteiger partial charge < -0.3 is 0 Å². The fraction of sp³-hybridized carbons (Fsp3) is 0. The summed E-state index contributed by atoms with van der Waals surface area (Å²) < 4.78 is 63.0. The van der Waals surface area contributed by atoms with Gasteiger partial charge in [0, 0.05) is 34.9 Å². The van der Waals surface area contributed by atoms with Crippen molar-refractivity contribution in [2.24, 2.45) is 0 Å². The van der Waals surface area contributed by atoms with E-state index in [9.17, 15) is 16.8 Å². The Bertz CT molecular complexity index is 826. The molecule has 1 radical (unpaired) electrons. The van der Waals surface area contributed by atoms with Crippen molar-refractivity contribution in [1.29, 1.82) is 0 Å². The van der Waals surface area contributed by atoms with Crippen molar-refractivity contribution in [3.8, 4) is 0 Å². The first-order valence-corrected chi connectivity index (χ1v) is 7.56. The molecule has 0 heterocycles. The van der Waals surface area contributed by atoms with Gasteiger partial charge in [0.1, 0.15) is 9.79 Å². The van der Waals surface area contributed by atoms with Crippen LogP contribution in [0, 0.1) is 0 Å². The van der Waals surface area contributed by atoms with Gasteiger partial charge >= 0.3 is 0 Å². The summed E-state index contributed by atoms with van der Waals surface area (Å²) in [5.74, 6) is 0. The fourth-order valence-electron chi connectivity index (χ4n) is 1.69. The monoisotopic (exact) mass is 311 g/mol. The Kier molecular flexibility index (Phi) is 4.79. The molecule has 0 aliphatic carbocycles. The third-order valence-corrected chi connectivity index (χ3v) is 4.36. The maximum absolute atomic E-state index is 11.3. The first-order valence-electron chi connectivity index (χ1n) is 4.68. The van der Waals surface area contributed by atoms with E-state index in [-0.39, 0.29) is 34.9 Å². The molecule has 2 rings (SSSR count). The Morgan fingerprint density at radius 2 is 1.37 bits per heavy atom. The zero-order chi connectivity index (χ0) is 13.6. The third kappa shape index (κ3) is 3.34. The molecule has 0 spiro atoms. The Labute approximate surface area is 132 Å². The van der Waals surface area contributed by atoms with Crippen molar-refractivity contribution in [3.05, 3.63) is 36.4 Å². The summed E-state index contributed by atoms with van der Waals surface area (Å²) in [6, 6.07) is 8.28. The summed E-state index contributed by atoms with van der Waals surface area (Å²) in [4.78, 5) is -1.66. The summed E-state index contributed by atoms with van der Waals surface area (Å²) >= 11 is 0. The Balaban J connectivity index is 0.00000180. The van der Waals surface area contributed by atoms with Crippen molar-refractivity contribution in [3.63, 3.8) is 0 Å². The van der Waals surface area contributed by atoms with Gasteiger partial charge in [-0.25, -0.2) is 0 Å². The van der Waals surface area contributed by atoms with Crippen molar-refractivity contribution >= 4 is 60.6 Å². The van der Waals surface area contributed by atoms with E-state index in [2.05, 4.69) is 0 Å². The van der Waals surface area contributed by atoms with Crippen LogP contribution in [0.5, 0.6) is 0 Å². The molecule has 0 fully saturated rings. The average molecular weight is 311 g/mol. The molecule has 2 N–H and O–H groups in total. The number of fused-ring (bicyclic) bond motifs is 1. The fourth-order valence-corrected chi connectivity index (χ4v) is 3.69. The van der Waals surface area contributed by atoms with Gasteiger partial charge in [-0.3, -0.25) is 9.11 Å². The Hall–Kier alpha value is -0.480. The van der Waals surface area contributed by atoms with E-state index >= 15 is 0 Å². The van der Waals surface area contributed by atoms with E-state index in [0.717, 1.165) is 6.07 Å². The molecule has 6 nitrogen and oxygen atoms in total. The van der Waals surface area contributed by atoms with Gasteiger partial charge in [0.05, 0.1) is 0 Å². The first kappa shape index (κ1) is 16.6. The van der Waals surface area contributed by atoms with Crippen LogP contribution >= 0.6 is 0 Å². The van der Waals surface area contributed by atoms with Crippen LogP contribution in [0.25, 0.3) is 10.8 Å². The van der Waals surface area contributed by atoms with E-state index in [1.807, 2.05) is 0 Å². The van der Waals surface area contributed by atoms with Crippen LogP contribution in [-0.2, 0) is 20.2 Å². The topological polar surface area (TPSA) is 109 Å². The van der Waals surface area contributed by atoms with Crippen molar-refractivity contribution < 1.29 is 25.9 Å². The standard InChI is InChI=1S/C10H8O6S2.Na/c11-17(12,13)9-6-5-7-3-1-2-4-8(7)10(9)18(14,15)16;/h1-6H,(H,11,12,13)(H,14,15,16);. The predicted molar refractivity (Wildman–Crippen MR) is 69.3 cm³/mol. The van der Waals surface area contributed by atoms with Crippen LogP contribution in [0.3, 0.4) is 0 Å². The van der Waals surface area contributed by atoms with Gasteiger partial charge in [0.25, 0.3) is 20.2 Å². The normalized spacial score (nSPS) is 12.1. The van der Waals surface area contributed by atoms with Crippen molar-refractivity contribution in [1.82, 2.24) is 0 Å². The first-order chi connectivity index (χ1) is 8.21. The van der Waals surface area contributed by atoms with Crippen LogP contribution in [0.15, 0.2) is 46.2 Å².